The molecule has 1 heterocycles. The molecule has 0 bridgehead atoms. The fraction of sp³-hybridized carbons (Fsp3) is 0.176. The largest absolute Gasteiger partial charge is 0.495 e. The van der Waals surface area contributed by atoms with Gasteiger partial charge in [-0.2, -0.15) is 0 Å². The van der Waals surface area contributed by atoms with Gasteiger partial charge in [0.05, 0.1) is 18.3 Å². The zero-order chi connectivity index (χ0) is 13.4. The van der Waals surface area contributed by atoms with Crippen molar-refractivity contribution in [2.24, 2.45) is 0 Å². The van der Waals surface area contributed by atoms with Crippen LogP contribution in [-0.2, 0) is 0 Å². The highest BCUT2D eigenvalue weighted by atomic mass is 16.5. The second-order valence-electron chi connectivity index (χ2n) is 4.73. The molecule has 0 saturated carbocycles. The van der Waals surface area contributed by atoms with Crippen LogP contribution in [0.4, 0.5) is 0 Å². The second kappa shape index (κ2) is 4.47. The Morgan fingerprint density at radius 2 is 1.58 bits per heavy atom. The average molecular weight is 251 g/mol. The number of hydrogen-bond acceptors (Lipinski definition) is 1. The molecule has 0 aliphatic heterocycles. The number of aromatic nitrogens is 1. The van der Waals surface area contributed by atoms with Crippen molar-refractivity contribution >= 4 is 10.9 Å². The molecule has 0 N–H and O–H groups in total. The van der Waals surface area contributed by atoms with Crippen LogP contribution < -0.4 is 4.74 Å². The number of para-hydroxylation sites is 3. The molecule has 0 aliphatic carbocycles. The van der Waals surface area contributed by atoms with Crippen molar-refractivity contribution in [3.63, 3.8) is 0 Å². The third-order valence-corrected chi connectivity index (χ3v) is 3.75. The lowest BCUT2D eigenvalue weighted by atomic mass is 10.2. The first-order valence-electron chi connectivity index (χ1n) is 6.44. The number of fused-ring (bicyclic) bond motifs is 1. The number of methoxy groups -OCH3 is 1. The van der Waals surface area contributed by atoms with Gasteiger partial charge in [-0.15, -0.1) is 0 Å². The molecule has 0 aliphatic rings. The molecule has 2 heteroatoms. The van der Waals surface area contributed by atoms with Gasteiger partial charge in [-0.3, -0.25) is 0 Å². The Morgan fingerprint density at radius 1 is 0.895 bits per heavy atom. The van der Waals surface area contributed by atoms with Gasteiger partial charge in [0.2, 0.25) is 0 Å². The molecule has 0 atom stereocenters. The number of hydrogen-bond donors (Lipinski definition) is 0. The van der Waals surface area contributed by atoms with Crippen LogP contribution in [0, 0.1) is 13.8 Å². The number of ether oxygens (including phenoxy) is 1. The number of nitrogens with zero attached hydrogens (tertiary/aromatic N) is 1. The Bertz CT molecular complexity index is 740. The van der Waals surface area contributed by atoms with Crippen LogP contribution in [0.25, 0.3) is 16.6 Å². The van der Waals surface area contributed by atoms with E-state index in [2.05, 4.69) is 48.7 Å². The molecule has 1 aromatic heterocycles. The minimum atomic E-state index is 0.895. The molecule has 2 aromatic carbocycles. The van der Waals surface area contributed by atoms with Gasteiger partial charge >= 0.3 is 0 Å². The monoisotopic (exact) mass is 251 g/mol. The molecule has 0 fully saturated rings. The van der Waals surface area contributed by atoms with Crippen molar-refractivity contribution in [3.05, 3.63) is 59.8 Å². The predicted molar refractivity (Wildman–Crippen MR) is 79.3 cm³/mol. The average Bonchev–Trinajstić information content (AvgIpc) is 2.71. The number of benzene rings is 2. The van der Waals surface area contributed by atoms with E-state index >= 15 is 0 Å². The van der Waals surface area contributed by atoms with Crippen LogP contribution in [0.5, 0.6) is 5.75 Å². The summed E-state index contributed by atoms with van der Waals surface area (Å²) in [5.41, 5.74) is 4.89. The number of rotatable bonds is 2. The smallest absolute Gasteiger partial charge is 0.142 e. The zero-order valence-corrected chi connectivity index (χ0v) is 11.5. The normalized spacial score (nSPS) is 10.9. The Morgan fingerprint density at radius 3 is 2.37 bits per heavy atom. The summed E-state index contributed by atoms with van der Waals surface area (Å²) in [4.78, 5) is 0. The topological polar surface area (TPSA) is 14.2 Å². The molecule has 19 heavy (non-hydrogen) atoms. The second-order valence-corrected chi connectivity index (χ2v) is 4.73. The van der Waals surface area contributed by atoms with Crippen molar-refractivity contribution in [2.45, 2.75) is 13.8 Å². The van der Waals surface area contributed by atoms with E-state index in [0.29, 0.717) is 0 Å². The van der Waals surface area contributed by atoms with E-state index in [0.717, 1.165) is 11.4 Å². The van der Waals surface area contributed by atoms with Crippen LogP contribution >= 0.6 is 0 Å². The summed E-state index contributed by atoms with van der Waals surface area (Å²) in [5.74, 6) is 0.895. The van der Waals surface area contributed by atoms with Crippen molar-refractivity contribution in [1.82, 2.24) is 4.57 Å². The maximum absolute atomic E-state index is 5.49. The molecule has 0 saturated heterocycles. The summed E-state index contributed by atoms with van der Waals surface area (Å²) in [6.45, 7) is 4.32. The summed E-state index contributed by atoms with van der Waals surface area (Å²) in [7, 11) is 1.71. The Balaban J connectivity index is 2.40. The molecule has 2 nitrogen and oxygen atoms in total. The van der Waals surface area contributed by atoms with Gasteiger partial charge in [-0.25, -0.2) is 0 Å². The van der Waals surface area contributed by atoms with Crippen LogP contribution in [0.2, 0.25) is 0 Å². The minimum absolute atomic E-state index is 0.895. The summed E-state index contributed by atoms with van der Waals surface area (Å²) in [6.07, 6.45) is 0. The fourth-order valence-corrected chi connectivity index (χ4v) is 2.65. The first kappa shape index (κ1) is 11.8. The molecule has 0 unspecified atom stereocenters. The molecule has 3 aromatic rings. The third kappa shape index (κ3) is 1.72. The lowest BCUT2D eigenvalue weighted by Crippen LogP contribution is -1.99. The van der Waals surface area contributed by atoms with Crippen molar-refractivity contribution < 1.29 is 4.74 Å². The van der Waals surface area contributed by atoms with E-state index in [9.17, 15) is 0 Å². The third-order valence-electron chi connectivity index (χ3n) is 3.75. The summed E-state index contributed by atoms with van der Waals surface area (Å²) >= 11 is 0. The van der Waals surface area contributed by atoms with Gasteiger partial charge < -0.3 is 9.30 Å². The van der Waals surface area contributed by atoms with E-state index in [4.69, 9.17) is 4.74 Å². The van der Waals surface area contributed by atoms with Gasteiger partial charge in [-0.1, -0.05) is 30.3 Å². The van der Waals surface area contributed by atoms with E-state index < -0.39 is 0 Å². The first-order chi connectivity index (χ1) is 9.24. The van der Waals surface area contributed by atoms with Gasteiger partial charge in [-0.05, 0) is 37.6 Å². The first-order valence-corrected chi connectivity index (χ1v) is 6.44. The maximum atomic E-state index is 5.49. The lowest BCUT2D eigenvalue weighted by Gasteiger charge is -2.12. The van der Waals surface area contributed by atoms with Gasteiger partial charge in [0.15, 0.2) is 0 Å². The maximum Gasteiger partial charge on any atom is 0.142 e. The standard InChI is InChI=1S/C17H17NO/c1-12-13(2)18(15-9-5-4-8-14(12)15)16-10-6-7-11-17(16)19-3/h4-11H,1-3H3. The lowest BCUT2D eigenvalue weighted by molar-refractivity contribution is 0.413. The molecule has 3 rings (SSSR count). The Kier molecular flexibility index (Phi) is 2.79. The molecule has 96 valence electrons. The van der Waals surface area contributed by atoms with Crippen molar-refractivity contribution in [3.8, 4) is 11.4 Å². The van der Waals surface area contributed by atoms with E-state index in [-0.39, 0.29) is 0 Å². The van der Waals surface area contributed by atoms with E-state index in [1.165, 1.54) is 22.2 Å². The highest BCUT2D eigenvalue weighted by Crippen LogP contribution is 2.32. The fourth-order valence-electron chi connectivity index (χ4n) is 2.65. The van der Waals surface area contributed by atoms with E-state index in [1.54, 1.807) is 7.11 Å². The minimum Gasteiger partial charge on any atom is -0.495 e. The highest BCUT2D eigenvalue weighted by molar-refractivity contribution is 5.87. The zero-order valence-electron chi connectivity index (χ0n) is 11.5. The summed E-state index contributed by atoms with van der Waals surface area (Å²) < 4.78 is 7.76. The van der Waals surface area contributed by atoms with Crippen LogP contribution in [-0.4, -0.2) is 11.7 Å². The van der Waals surface area contributed by atoms with Gasteiger partial charge in [0, 0.05) is 11.1 Å². The number of aryl methyl sites for hydroxylation is 1. The SMILES string of the molecule is COc1ccccc1-n1c(C)c(C)c2ccccc21. The van der Waals surface area contributed by atoms with Crippen molar-refractivity contribution in [1.29, 1.82) is 0 Å². The molecule has 0 radical (unpaired) electrons. The Hall–Kier alpha value is -2.22. The predicted octanol–water partition coefficient (Wildman–Crippen LogP) is 4.26. The van der Waals surface area contributed by atoms with Crippen LogP contribution in [0.1, 0.15) is 11.3 Å². The summed E-state index contributed by atoms with van der Waals surface area (Å²) in [6, 6.07) is 16.6. The Labute approximate surface area is 113 Å². The van der Waals surface area contributed by atoms with Crippen LogP contribution in [0.3, 0.4) is 0 Å². The van der Waals surface area contributed by atoms with Gasteiger partial charge in [0.25, 0.3) is 0 Å². The van der Waals surface area contributed by atoms with Crippen molar-refractivity contribution in [2.75, 3.05) is 7.11 Å². The molecular formula is C17H17NO. The molecular weight excluding hydrogens is 234 g/mol. The molecule has 0 amide bonds. The van der Waals surface area contributed by atoms with Gasteiger partial charge in [0.1, 0.15) is 5.75 Å². The van der Waals surface area contributed by atoms with Crippen LogP contribution in [0.15, 0.2) is 48.5 Å². The molecule has 0 spiro atoms. The summed E-state index contributed by atoms with van der Waals surface area (Å²) in [5, 5.41) is 1.30. The van der Waals surface area contributed by atoms with E-state index in [1.807, 2.05) is 18.2 Å². The highest BCUT2D eigenvalue weighted by Gasteiger charge is 2.14. The quantitative estimate of drug-likeness (QED) is 0.664.